The molecule has 1 aliphatic rings. The van der Waals surface area contributed by atoms with E-state index in [-0.39, 0.29) is 18.1 Å². The first-order chi connectivity index (χ1) is 10.1. The summed E-state index contributed by atoms with van der Waals surface area (Å²) in [6, 6.07) is 8.11. The first kappa shape index (κ1) is 16.0. The Balaban J connectivity index is 1.83. The monoisotopic (exact) mass is 290 g/mol. The number of ether oxygens (including phenoxy) is 1. The fraction of sp³-hybridized carbons (Fsp3) is 0.588. The molecule has 3 N–H and O–H groups in total. The number of amides is 1. The fourth-order valence-corrected chi connectivity index (χ4v) is 2.52. The maximum Gasteiger partial charge on any atom is 0.249 e. The van der Waals surface area contributed by atoms with Gasteiger partial charge < -0.3 is 15.8 Å². The van der Waals surface area contributed by atoms with Crippen LogP contribution in [0.25, 0.3) is 0 Å². The molecule has 1 aromatic rings. The van der Waals surface area contributed by atoms with Crippen molar-refractivity contribution in [2.75, 3.05) is 13.2 Å². The molecular formula is C17H26N2O2. The highest BCUT2D eigenvalue weighted by molar-refractivity contribution is 5.80. The number of rotatable bonds is 5. The molecule has 0 spiro atoms. The van der Waals surface area contributed by atoms with Crippen LogP contribution in [0.15, 0.2) is 24.3 Å². The van der Waals surface area contributed by atoms with Gasteiger partial charge in [-0.2, -0.15) is 0 Å². The molecule has 1 heterocycles. The number of nitrogens with one attached hydrogen (secondary N) is 1. The molecule has 2 rings (SSSR count). The van der Waals surface area contributed by atoms with Gasteiger partial charge in [0.1, 0.15) is 6.10 Å². The smallest absolute Gasteiger partial charge is 0.249 e. The lowest BCUT2D eigenvalue weighted by atomic mass is 9.99. The summed E-state index contributed by atoms with van der Waals surface area (Å²) in [5.74, 6) is 0.474. The Morgan fingerprint density at radius 3 is 2.52 bits per heavy atom. The Bertz CT molecular complexity index is 450. The topological polar surface area (TPSA) is 64.3 Å². The molecule has 0 aliphatic carbocycles. The largest absolute Gasteiger partial charge is 0.368 e. The Kier molecular flexibility index (Phi) is 5.76. The van der Waals surface area contributed by atoms with Crippen LogP contribution < -0.4 is 11.1 Å². The van der Waals surface area contributed by atoms with E-state index in [2.05, 4.69) is 31.3 Å². The number of benzene rings is 1. The molecular weight excluding hydrogens is 264 g/mol. The van der Waals surface area contributed by atoms with E-state index in [1.165, 1.54) is 5.56 Å². The van der Waals surface area contributed by atoms with E-state index in [1.807, 2.05) is 12.1 Å². The molecule has 4 heteroatoms. The van der Waals surface area contributed by atoms with Crippen LogP contribution in [0, 0.1) is 0 Å². The van der Waals surface area contributed by atoms with Crippen molar-refractivity contribution in [1.82, 2.24) is 5.32 Å². The predicted octanol–water partition coefficient (Wildman–Crippen LogP) is 2.50. The van der Waals surface area contributed by atoms with Crippen LogP contribution in [0.5, 0.6) is 0 Å². The van der Waals surface area contributed by atoms with Gasteiger partial charge in [0.05, 0.1) is 0 Å². The van der Waals surface area contributed by atoms with Gasteiger partial charge in [0.15, 0.2) is 0 Å². The summed E-state index contributed by atoms with van der Waals surface area (Å²) in [6.45, 7) is 5.46. The second-order valence-electron chi connectivity index (χ2n) is 6.03. The Morgan fingerprint density at radius 1 is 1.29 bits per heavy atom. The van der Waals surface area contributed by atoms with E-state index in [0.717, 1.165) is 24.8 Å². The summed E-state index contributed by atoms with van der Waals surface area (Å²) >= 11 is 0. The van der Waals surface area contributed by atoms with Crippen molar-refractivity contribution in [3.05, 3.63) is 35.4 Å². The Hall–Kier alpha value is -1.39. The summed E-state index contributed by atoms with van der Waals surface area (Å²) in [6.07, 6.45) is 2.62. The quantitative estimate of drug-likeness (QED) is 0.875. The molecule has 0 bridgehead atoms. The minimum Gasteiger partial charge on any atom is -0.368 e. The lowest BCUT2D eigenvalue weighted by molar-refractivity contribution is -0.135. The molecule has 0 saturated carbocycles. The molecule has 1 aliphatic heterocycles. The van der Waals surface area contributed by atoms with E-state index in [0.29, 0.717) is 19.1 Å². The van der Waals surface area contributed by atoms with Gasteiger partial charge in [-0.25, -0.2) is 0 Å². The standard InChI is InChI=1S/C17H26N2O2/c1-12(2)13-6-8-14(9-7-13)15(18)11-19-17(20)16-5-3-4-10-21-16/h6-9,12,15-16H,3-5,10-11,18H2,1-2H3,(H,19,20). The minimum absolute atomic E-state index is 0.0380. The second-order valence-corrected chi connectivity index (χ2v) is 6.03. The van der Waals surface area contributed by atoms with Crippen LogP contribution in [0.3, 0.4) is 0 Å². The minimum atomic E-state index is -0.297. The van der Waals surface area contributed by atoms with Crippen molar-refractivity contribution in [1.29, 1.82) is 0 Å². The van der Waals surface area contributed by atoms with Gasteiger partial charge in [-0.3, -0.25) is 4.79 Å². The summed E-state index contributed by atoms with van der Waals surface area (Å²) in [5, 5.41) is 2.90. The summed E-state index contributed by atoms with van der Waals surface area (Å²) in [4.78, 5) is 12.0. The molecule has 2 atom stereocenters. The van der Waals surface area contributed by atoms with Crippen molar-refractivity contribution >= 4 is 5.91 Å². The molecule has 2 unspecified atom stereocenters. The van der Waals surface area contributed by atoms with E-state index < -0.39 is 0 Å². The molecule has 4 nitrogen and oxygen atoms in total. The molecule has 1 saturated heterocycles. The zero-order valence-corrected chi connectivity index (χ0v) is 13.0. The van der Waals surface area contributed by atoms with E-state index in [4.69, 9.17) is 10.5 Å². The first-order valence-electron chi connectivity index (χ1n) is 7.82. The Morgan fingerprint density at radius 2 is 1.95 bits per heavy atom. The van der Waals surface area contributed by atoms with Crippen molar-refractivity contribution in [2.24, 2.45) is 5.73 Å². The van der Waals surface area contributed by atoms with Crippen LogP contribution in [-0.2, 0) is 9.53 Å². The number of nitrogens with two attached hydrogens (primary N) is 1. The predicted molar refractivity (Wildman–Crippen MR) is 84.1 cm³/mol. The summed E-state index contributed by atoms with van der Waals surface area (Å²) in [7, 11) is 0. The summed E-state index contributed by atoms with van der Waals surface area (Å²) < 4.78 is 5.47. The number of carbonyl (C=O) groups excluding carboxylic acids is 1. The molecule has 116 valence electrons. The van der Waals surface area contributed by atoms with Gasteiger partial charge >= 0.3 is 0 Å². The molecule has 0 aromatic heterocycles. The van der Waals surface area contributed by atoms with E-state index in [9.17, 15) is 4.79 Å². The first-order valence-corrected chi connectivity index (χ1v) is 7.82. The van der Waals surface area contributed by atoms with Gasteiger partial charge in [-0.1, -0.05) is 38.1 Å². The van der Waals surface area contributed by atoms with Crippen LogP contribution in [0.4, 0.5) is 0 Å². The number of carbonyl (C=O) groups is 1. The highest BCUT2D eigenvalue weighted by Crippen LogP contribution is 2.18. The lowest BCUT2D eigenvalue weighted by Gasteiger charge is -2.22. The SMILES string of the molecule is CC(C)c1ccc(C(N)CNC(=O)C2CCCCO2)cc1. The molecule has 1 aromatic carbocycles. The fourth-order valence-electron chi connectivity index (χ4n) is 2.52. The molecule has 1 amide bonds. The van der Waals surface area contributed by atoms with Gasteiger partial charge in [-0.15, -0.1) is 0 Å². The average molecular weight is 290 g/mol. The van der Waals surface area contributed by atoms with E-state index >= 15 is 0 Å². The maximum absolute atomic E-state index is 12.0. The second kappa shape index (κ2) is 7.57. The van der Waals surface area contributed by atoms with Crippen molar-refractivity contribution < 1.29 is 9.53 Å². The van der Waals surface area contributed by atoms with Gasteiger partial charge in [0.2, 0.25) is 5.91 Å². The van der Waals surface area contributed by atoms with Gasteiger partial charge in [0, 0.05) is 19.2 Å². The number of hydrogen-bond acceptors (Lipinski definition) is 3. The zero-order chi connectivity index (χ0) is 15.2. The van der Waals surface area contributed by atoms with Gasteiger partial charge in [0.25, 0.3) is 0 Å². The van der Waals surface area contributed by atoms with Gasteiger partial charge in [-0.05, 0) is 36.3 Å². The number of hydrogen-bond donors (Lipinski definition) is 2. The normalized spacial score (nSPS) is 20.3. The lowest BCUT2D eigenvalue weighted by Crippen LogP contribution is -2.41. The van der Waals surface area contributed by atoms with Crippen molar-refractivity contribution in [2.45, 2.75) is 51.2 Å². The highest BCUT2D eigenvalue weighted by atomic mass is 16.5. The van der Waals surface area contributed by atoms with Crippen molar-refractivity contribution in [3.8, 4) is 0 Å². The third kappa shape index (κ3) is 4.55. The maximum atomic E-state index is 12.0. The van der Waals surface area contributed by atoms with Crippen molar-refractivity contribution in [3.63, 3.8) is 0 Å². The van der Waals surface area contributed by atoms with Crippen LogP contribution >= 0.6 is 0 Å². The Labute approximate surface area is 127 Å². The van der Waals surface area contributed by atoms with Crippen LogP contribution in [0.2, 0.25) is 0 Å². The third-order valence-electron chi connectivity index (χ3n) is 4.00. The van der Waals surface area contributed by atoms with E-state index in [1.54, 1.807) is 0 Å². The van der Waals surface area contributed by atoms with Crippen LogP contribution in [0.1, 0.15) is 56.2 Å². The molecule has 1 fully saturated rings. The van der Waals surface area contributed by atoms with Crippen LogP contribution in [-0.4, -0.2) is 25.2 Å². The third-order valence-corrected chi connectivity index (χ3v) is 4.00. The zero-order valence-electron chi connectivity index (χ0n) is 13.0. The average Bonchev–Trinajstić information content (AvgIpc) is 2.53. The molecule has 21 heavy (non-hydrogen) atoms. The summed E-state index contributed by atoms with van der Waals surface area (Å²) in [5.41, 5.74) is 8.49. The highest BCUT2D eigenvalue weighted by Gasteiger charge is 2.22. The molecule has 0 radical (unpaired) electrons.